The van der Waals surface area contributed by atoms with Crippen molar-refractivity contribution in [2.24, 2.45) is 0 Å². The van der Waals surface area contributed by atoms with E-state index in [0.29, 0.717) is 36.8 Å². The molecule has 1 fully saturated rings. The summed E-state index contributed by atoms with van der Waals surface area (Å²) < 4.78 is 28.9. The molecule has 1 aliphatic rings. The van der Waals surface area contributed by atoms with Gasteiger partial charge in [0.05, 0.1) is 16.2 Å². The van der Waals surface area contributed by atoms with Crippen molar-refractivity contribution in [3.63, 3.8) is 0 Å². The zero-order valence-electron chi connectivity index (χ0n) is 20.9. The molecule has 0 radical (unpaired) electrons. The largest absolute Gasteiger partial charge is 0.383 e. The molecule has 39 heavy (non-hydrogen) atoms. The second kappa shape index (κ2) is 10.3. The molecule has 10 heteroatoms. The van der Waals surface area contributed by atoms with Crippen LogP contribution in [0.15, 0.2) is 96.4 Å². The van der Waals surface area contributed by atoms with Crippen LogP contribution in [0.4, 0.5) is 11.5 Å². The summed E-state index contributed by atoms with van der Waals surface area (Å²) in [6.45, 7) is 1.67. The third kappa shape index (κ3) is 4.80. The highest BCUT2D eigenvalue weighted by Gasteiger charge is 2.31. The van der Waals surface area contributed by atoms with Crippen molar-refractivity contribution < 1.29 is 8.42 Å². The molecule has 2 N–H and O–H groups in total. The van der Waals surface area contributed by atoms with Gasteiger partial charge in [-0.3, -0.25) is 9.97 Å². The number of hydrogen-bond donors (Lipinski definition) is 1. The number of piperazine rings is 1. The molecule has 0 saturated carbocycles. The van der Waals surface area contributed by atoms with Crippen molar-refractivity contribution in [1.82, 2.24) is 19.3 Å². The van der Waals surface area contributed by atoms with Crippen LogP contribution >= 0.6 is 11.6 Å². The summed E-state index contributed by atoms with van der Waals surface area (Å²) in [5.41, 5.74) is 11.4. The minimum Gasteiger partial charge on any atom is -0.383 e. The van der Waals surface area contributed by atoms with Crippen LogP contribution in [0.5, 0.6) is 0 Å². The molecule has 0 spiro atoms. The number of nitrogen functional groups attached to an aromatic ring is 1. The zero-order valence-corrected chi connectivity index (χ0v) is 22.5. The molecule has 0 unspecified atom stereocenters. The van der Waals surface area contributed by atoms with Gasteiger partial charge < -0.3 is 10.6 Å². The number of sulfonamides is 1. The number of rotatable bonds is 5. The predicted octanol–water partition coefficient (Wildman–Crippen LogP) is 5.11. The number of aromatic nitrogens is 3. The Hall–Kier alpha value is -4.05. The van der Waals surface area contributed by atoms with Crippen LogP contribution in [-0.4, -0.2) is 53.9 Å². The van der Waals surface area contributed by atoms with E-state index in [1.165, 1.54) is 4.31 Å². The monoisotopic (exact) mass is 556 g/mol. The molecule has 0 aliphatic carbocycles. The van der Waals surface area contributed by atoms with Crippen LogP contribution in [0, 0.1) is 0 Å². The van der Waals surface area contributed by atoms with Crippen molar-refractivity contribution in [2.75, 3.05) is 36.8 Å². The van der Waals surface area contributed by atoms with E-state index < -0.39 is 10.0 Å². The van der Waals surface area contributed by atoms with Gasteiger partial charge in [0.25, 0.3) is 0 Å². The fraction of sp³-hybridized carbons (Fsp3) is 0.138. The first-order valence-electron chi connectivity index (χ1n) is 12.5. The second-order valence-electron chi connectivity index (χ2n) is 9.28. The molecule has 8 nitrogen and oxygen atoms in total. The number of nitrogens with zero attached hydrogens (tertiary/aromatic N) is 5. The van der Waals surface area contributed by atoms with Crippen LogP contribution in [-0.2, 0) is 10.0 Å². The van der Waals surface area contributed by atoms with E-state index in [-0.39, 0.29) is 10.7 Å². The molecule has 0 atom stereocenters. The van der Waals surface area contributed by atoms with Gasteiger partial charge in [0, 0.05) is 61.9 Å². The lowest BCUT2D eigenvalue weighted by molar-refractivity contribution is 0.385. The minimum atomic E-state index is -3.87. The van der Waals surface area contributed by atoms with Crippen molar-refractivity contribution >= 4 is 44.0 Å². The van der Waals surface area contributed by atoms with Gasteiger partial charge in [0.1, 0.15) is 10.7 Å². The molecular formula is C29H25ClN6O2S. The molecule has 2 aromatic carbocycles. The zero-order chi connectivity index (χ0) is 27.0. The Morgan fingerprint density at radius 1 is 0.795 bits per heavy atom. The Bertz CT molecular complexity index is 1770. The summed E-state index contributed by atoms with van der Waals surface area (Å²) >= 11 is 6.35. The van der Waals surface area contributed by atoms with Crippen molar-refractivity contribution in [2.45, 2.75) is 4.90 Å². The Morgan fingerprint density at radius 3 is 2.33 bits per heavy atom. The Balaban J connectivity index is 1.32. The number of nitrogens with two attached hydrogens (primary N) is 1. The number of halogens is 1. The van der Waals surface area contributed by atoms with E-state index in [4.69, 9.17) is 17.3 Å². The molecule has 6 rings (SSSR count). The number of hydrogen-bond acceptors (Lipinski definition) is 7. The second-order valence-corrected chi connectivity index (χ2v) is 11.6. The van der Waals surface area contributed by atoms with Crippen LogP contribution in [0.2, 0.25) is 5.02 Å². The van der Waals surface area contributed by atoms with Crippen LogP contribution in [0.25, 0.3) is 33.2 Å². The molecule has 4 heterocycles. The van der Waals surface area contributed by atoms with Crippen LogP contribution in [0.3, 0.4) is 0 Å². The molecule has 1 aliphatic heterocycles. The minimum absolute atomic E-state index is 0.00633. The summed E-state index contributed by atoms with van der Waals surface area (Å²) in [6, 6.07) is 20.9. The van der Waals surface area contributed by atoms with Gasteiger partial charge in [-0.25, -0.2) is 13.4 Å². The summed E-state index contributed by atoms with van der Waals surface area (Å²) in [5.74, 6) is -0.0211. The van der Waals surface area contributed by atoms with Gasteiger partial charge >= 0.3 is 0 Å². The smallest absolute Gasteiger partial charge is 0.246 e. The quantitative estimate of drug-likeness (QED) is 0.321. The van der Waals surface area contributed by atoms with Crippen LogP contribution < -0.4 is 10.6 Å². The SMILES string of the molecule is Nc1ncc(-c2ccc3nccc(-c4ccncc4)c3c2)cc1S(=O)(=O)N1CCN(c2ccccc2Cl)CC1. The number of anilines is 2. The van der Waals surface area contributed by atoms with Gasteiger partial charge in [-0.15, -0.1) is 0 Å². The van der Waals surface area contributed by atoms with Crippen molar-refractivity contribution in [1.29, 1.82) is 0 Å². The van der Waals surface area contributed by atoms with Gasteiger partial charge in [-0.05, 0) is 65.2 Å². The predicted molar refractivity (Wildman–Crippen MR) is 155 cm³/mol. The third-order valence-electron chi connectivity index (χ3n) is 7.00. The normalized spacial score (nSPS) is 14.5. The van der Waals surface area contributed by atoms with Crippen molar-refractivity contribution in [3.8, 4) is 22.3 Å². The maximum Gasteiger partial charge on any atom is 0.246 e. The maximum atomic E-state index is 13.7. The Labute approximate surface area is 231 Å². The third-order valence-corrected chi connectivity index (χ3v) is 9.24. The lowest BCUT2D eigenvalue weighted by atomic mass is 9.98. The Kier molecular flexibility index (Phi) is 6.64. The molecule has 196 valence electrons. The lowest BCUT2D eigenvalue weighted by Gasteiger charge is -2.35. The van der Waals surface area contributed by atoms with E-state index >= 15 is 0 Å². The van der Waals surface area contributed by atoms with Gasteiger partial charge in [0.2, 0.25) is 10.0 Å². The first kappa shape index (κ1) is 25.2. The number of fused-ring (bicyclic) bond motifs is 1. The first-order valence-corrected chi connectivity index (χ1v) is 14.3. The van der Waals surface area contributed by atoms with E-state index in [0.717, 1.165) is 33.3 Å². The topological polar surface area (TPSA) is 105 Å². The molecule has 0 bridgehead atoms. The number of benzene rings is 2. The highest BCUT2D eigenvalue weighted by atomic mass is 35.5. The molecule has 1 saturated heterocycles. The van der Waals surface area contributed by atoms with Crippen molar-refractivity contribution in [3.05, 3.63) is 96.5 Å². The standard InChI is InChI=1S/C29H25ClN6O2S/c30-25-3-1-2-4-27(25)35-13-15-36(16-14-35)39(37,38)28-18-22(19-34-29(28)31)21-5-6-26-24(17-21)23(9-12-33-26)20-7-10-32-11-8-20/h1-12,17-19H,13-16H2,(H2,31,34). The molecular weight excluding hydrogens is 532 g/mol. The number of pyridine rings is 3. The summed E-state index contributed by atoms with van der Waals surface area (Å²) in [7, 11) is -3.87. The first-order chi connectivity index (χ1) is 18.9. The fourth-order valence-electron chi connectivity index (χ4n) is 4.95. The fourth-order valence-corrected chi connectivity index (χ4v) is 6.72. The summed E-state index contributed by atoms with van der Waals surface area (Å²) in [6.07, 6.45) is 6.88. The molecule has 5 aromatic rings. The van der Waals surface area contributed by atoms with E-state index in [9.17, 15) is 8.42 Å². The maximum absolute atomic E-state index is 13.7. The Morgan fingerprint density at radius 2 is 1.56 bits per heavy atom. The van der Waals surface area contributed by atoms with E-state index in [1.54, 1.807) is 30.9 Å². The molecule has 0 amide bonds. The van der Waals surface area contributed by atoms with E-state index in [2.05, 4.69) is 19.9 Å². The number of para-hydroxylation sites is 1. The average Bonchev–Trinajstić information content (AvgIpc) is 2.97. The van der Waals surface area contributed by atoms with Crippen LogP contribution in [0.1, 0.15) is 0 Å². The lowest BCUT2D eigenvalue weighted by Crippen LogP contribution is -2.48. The highest BCUT2D eigenvalue weighted by Crippen LogP contribution is 2.33. The summed E-state index contributed by atoms with van der Waals surface area (Å²) in [4.78, 5) is 15.0. The summed E-state index contributed by atoms with van der Waals surface area (Å²) in [5, 5.41) is 1.59. The average molecular weight is 557 g/mol. The molecule has 3 aromatic heterocycles. The van der Waals surface area contributed by atoms with Gasteiger partial charge in [-0.1, -0.05) is 29.8 Å². The van der Waals surface area contributed by atoms with E-state index in [1.807, 2.05) is 60.7 Å². The van der Waals surface area contributed by atoms with Gasteiger partial charge in [0.15, 0.2) is 0 Å². The highest BCUT2D eigenvalue weighted by molar-refractivity contribution is 7.89. The van der Waals surface area contributed by atoms with Gasteiger partial charge in [-0.2, -0.15) is 4.31 Å².